The molecule has 1 saturated heterocycles. The number of rotatable bonds is 7. The van der Waals surface area contributed by atoms with Crippen molar-refractivity contribution >= 4 is 34.7 Å². The third kappa shape index (κ3) is 4.75. The topological polar surface area (TPSA) is 47.9 Å². The Morgan fingerprint density at radius 3 is 2.52 bits per heavy atom. The molecule has 1 heterocycles. The van der Waals surface area contributed by atoms with Crippen molar-refractivity contribution < 1.29 is 5.11 Å². The first-order chi connectivity index (χ1) is 13.1. The van der Waals surface area contributed by atoms with Crippen LogP contribution in [-0.4, -0.2) is 23.8 Å². The minimum Gasteiger partial charge on any atom is -0.356 e. The Balaban J connectivity index is 1.91. The number of unbranched alkanes of at least 4 members (excludes halogenated alkanes) is 3. The number of nitrogens with one attached hydrogen (secondary N) is 1. The van der Waals surface area contributed by atoms with E-state index in [4.69, 9.17) is 28.2 Å². The fraction of sp³-hybridized carbons (Fsp3) is 0.381. The molecule has 2 aromatic carbocycles. The molecule has 0 radical (unpaired) electrons. The Hall–Kier alpha value is -1.75. The van der Waals surface area contributed by atoms with Crippen LogP contribution >= 0.6 is 23.2 Å². The summed E-state index contributed by atoms with van der Waals surface area (Å²) in [5.74, 6) is 0.774. The van der Waals surface area contributed by atoms with Gasteiger partial charge in [0.15, 0.2) is 0 Å². The smallest absolute Gasteiger partial charge is 0.207 e. The number of aliphatic hydroxyl groups is 1. The second kappa shape index (κ2) is 9.45. The number of aliphatic hydroxyl groups excluding tert-OH is 1. The summed E-state index contributed by atoms with van der Waals surface area (Å²) in [6, 6.07) is 15.2. The molecule has 144 valence electrons. The van der Waals surface area contributed by atoms with Gasteiger partial charge in [-0.05, 0) is 30.2 Å². The van der Waals surface area contributed by atoms with E-state index < -0.39 is 6.35 Å². The number of nitrogens with zero attached hydrogens (tertiary/aromatic N) is 2. The zero-order valence-corrected chi connectivity index (χ0v) is 16.9. The van der Waals surface area contributed by atoms with Gasteiger partial charge in [0.2, 0.25) is 6.35 Å². The highest BCUT2D eigenvalue weighted by Gasteiger charge is 2.38. The Morgan fingerprint density at radius 2 is 1.81 bits per heavy atom. The maximum Gasteiger partial charge on any atom is 0.207 e. The lowest BCUT2D eigenvalue weighted by Gasteiger charge is -2.28. The van der Waals surface area contributed by atoms with E-state index in [1.807, 2.05) is 41.3 Å². The van der Waals surface area contributed by atoms with E-state index >= 15 is 0 Å². The van der Waals surface area contributed by atoms with Crippen LogP contribution in [0.5, 0.6) is 0 Å². The molecule has 0 bridgehead atoms. The van der Waals surface area contributed by atoms with Crippen molar-refractivity contribution in [3.63, 3.8) is 0 Å². The molecule has 1 aliphatic rings. The molecule has 4 nitrogen and oxygen atoms in total. The van der Waals surface area contributed by atoms with Crippen LogP contribution in [0, 0.1) is 0 Å². The molecule has 2 atom stereocenters. The van der Waals surface area contributed by atoms with Crippen molar-refractivity contribution in [1.29, 1.82) is 0 Å². The Bertz CT molecular complexity index is 782. The maximum absolute atomic E-state index is 10.7. The molecule has 0 spiro atoms. The van der Waals surface area contributed by atoms with E-state index in [9.17, 15) is 5.11 Å². The number of amidine groups is 1. The van der Waals surface area contributed by atoms with Gasteiger partial charge in [0.25, 0.3) is 0 Å². The standard InChI is InChI=1S/C21H25Cl2N3O/c1-2-3-4-8-13-24-20-19(15-9-6-5-7-10-15)26(21(27)25-20)16-11-12-17(22)18(23)14-16/h5-7,9-12,14,19,21,27H,2-4,8,13H2,1H3,(H,24,25). The van der Waals surface area contributed by atoms with E-state index in [-0.39, 0.29) is 6.04 Å². The van der Waals surface area contributed by atoms with Gasteiger partial charge < -0.3 is 15.3 Å². The fourth-order valence-electron chi connectivity index (χ4n) is 3.31. The number of aliphatic imine (C=N–C) groups is 1. The first-order valence-corrected chi connectivity index (χ1v) is 10.1. The molecule has 0 amide bonds. The first kappa shape index (κ1) is 20.0. The van der Waals surface area contributed by atoms with Crippen molar-refractivity contribution in [2.45, 2.75) is 45.0 Å². The van der Waals surface area contributed by atoms with E-state index in [0.29, 0.717) is 10.0 Å². The van der Waals surface area contributed by atoms with Crippen LogP contribution in [0.1, 0.15) is 44.2 Å². The van der Waals surface area contributed by atoms with Gasteiger partial charge in [0, 0.05) is 12.2 Å². The molecule has 2 aromatic rings. The van der Waals surface area contributed by atoms with Crippen LogP contribution in [0.15, 0.2) is 53.5 Å². The van der Waals surface area contributed by atoms with Crippen molar-refractivity contribution in [3.8, 4) is 0 Å². The van der Waals surface area contributed by atoms with Gasteiger partial charge in [-0.15, -0.1) is 0 Å². The number of hydrogen-bond donors (Lipinski definition) is 2. The molecule has 27 heavy (non-hydrogen) atoms. The second-order valence-electron chi connectivity index (χ2n) is 6.66. The Kier molecular flexibility index (Phi) is 7.00. The zero-order chi connectivity index (χ0) is 19.2. The third-order valence-electron chi connectivity index (χ3n) is 4.69. The highest BCUT2D eigenvalue weighted by atomic mass is 35.5. The molecule has 0 aromatic heterocycles. The lowest BCUT2D eigenvalue weighted by molar-refractivity contribution is 0.166. The molecule has 6 heteroatoms. The van der Waals surface area contributed by atoms with Gasteiger partial charge in [-0.2, -0.15) is 0 Å². The summed E-state index contributed by atoms with van der Waals surface area (Å²) < 4.78 is 0. The molecular formula is C21H25Cl2N3O. The lowest BCUT2D eigenvalue weighted by Crippen LogP contribution is -2.36. The highest BCUT2D eigenvalue weighted by Crippen LogP contribution is 2.36. The average molecular weight is 406 g/mol. The van der Waals surface area contributed by atoms with Gasteiger partial charge >= 0.3 is 0 Å². The van der Waals surface area contributed by atoms with Gasteiger partial charge in [0.1, 0.15) is 11.9 Å². The molecule has 0 aliphatic carbocycles. The largest absolute Gasteiger partial charge is 0.356 e. The minimum absolute atomic E-state index is 0.204. The molecular weight excluding hydrogens is 381 g/mol. The number of anilines is 1. The predicted octanol–water partition coefficient (Wildman–Crippen LogP) is 5.40. The maximum atomic E-state index is 10.7. The van der Waals surface area contributed by atoms with E-state index in [2.05, 4.69) is 12.2 Å². The fourth-order valence-corrected chi connectivity index (χ4v) is 3.61. The van der Waals surface area contributed by atoms with Gasteiger partial charge in [0.05, 0.1) is 10.0 Å². The Labute approximate surface area is 170 Å². The van der Waals surface area contributed by atoms with Gasteiger partial charge in [-0.25, -0.2) is 0 Å². The summed E-state index contributed by atoms with van der Waals surface area (Å²) in [7, 11) is 0. The summed E-state index contributed by atoms with van der Waals surface area (Å²) in [6.07, 6.45) is 3.75. The first-order valence-electron chi connectivity index (χ1n) is 9.39. The molecule has 1 aliphatic heterocycles. The summed E-state index contributed by atoms with van der Waals surface area (Å²) in [5.41, 5.74) is 1.84. The Morgan fingerprint density at radius 1 is 1.04 bits per heavy atom. The van der Waals surface area contributed by atoms with Gasteiger partial charge in [-0.1, -0.05) is 79.7 Å². The quantitative estimate of drug-likeness (QED) is 0.606. The SMILES string of the molecule is CCCCCCN=C1NC(O)N(c2ccc(Cl)c(Cl)c2)C1c1ccccc1. The van der Waals surface area contributed by atoms with Gasteiger partial charge in [-0.3, -0.25) is 4.99 Å². The van der Waals surface area contributed by atoms with Crippen LogP contribution in [0.3, 0.4) is 0 Å². The second-order valence-corrected chi connectivity index (χ2v) is 7.48. The molecule has 2 N–H and O–H groups in total. The number of benzene rings is 2. The number of hydrogen-bond acceptors (Lipinski definition) is 3. The number of halogens is 2. The summed E-state index contributed by atoms with van der Waals surface area (Å²) in [6.45, 7) is 2.94. The predicted molar refractivity (Wildman–Crippen MR) is 114 cm³/mol. The lowest BCUT2D eigenvalue weighted by atomic mass is 10.0. The van der Waals surface area contributed by atoms with Crippen LogP contribution in [0.2, 0.25) is 10.0 Å². The van der Waals surface area contributed by atoms with Crippen LogP contribution < -0.4 is 10.2 Å². The van der Waals surface area contributed by atoms with E-state index in [1.165, 1.54) is 19.3 Å². The monoisotopic (exact) mass is 405 g/mol. The summed E-state index contributed by atoms with van der Waals surface area (Å²) in [5, 5.41) is 14.8. The third-order valence-corrected chi connectivity index (χ3v) is 5.43. The van der Waals surface area contributed by atoms with E-state index in [1.54, 1.807) is 12.1 Å². The van der Waals surface area contributed by atoms with Crippen molar-refractivity contribution in [3.05, 3.63) is 64.1 Å². The molecule has 3 rings (SSSR count). The van der Waals surface area contributed by atoms with E-state index in [0.717, 1.165) is 30.1 Å². The zero-order valence-electron chi connectivity index (χ0n) is 15.4. The molecule has 1 fully saturated rings. The van der Waals surface area contributed by atoms with Crippen molar-refractivity contribution in [1.82, 2.24) is 5.32 Å². The average Bonchev–Trinajstić information content (AvgIpc) is 3.00. The highest BCUT2D eigenvalue weighted by molar-refractivity contribution is 6.42. The minimum atomic E-state index is -0.887. The van der Waals surface area contributed by atoms with Crippen molar-refractivity contribution in [2.24, 2.45) is 4.99 Å². The molecule has 2 unspecified atom stereocenters. The normalized spacial score (nSPS) is 20.9. The van der Waals surface area contributed by atoms with Crippen LogP contribution in [0.25, 0.3) is 0 Å². The van der Waals surface area contributed by atoms with Crippen LogP contribution in [-0.2, 0) is 0 Å². The summed E-state index contributed by atoms with van der Waals surface area (Å²) >= 11 is 12.3. The van der Waals surface area contributed by atoms with Crippen LogP contribution in [0.4, 0.5) is 5.69 Å². The van der Waals surface area contributed by atoms with Crippen molar-refractivity contribution in [2.75, 3.05) is 11.4 Å². The molecule has 0 saturated carbocycles. The summed E-state index contributed by atoms with van der Waals surface area (Å²) in [4.78, 5) is 6.64.